The first kappa shape index (κ1) is 14.6. The molecule has 104 valence electrons. The number of nitrogens with one attached hydrogen (secondary N) is 2. The summed E-state index contributed by atoms with van der Waals surface area (Å²) in [6.07, 6.45) is 2.96. The predicted octanol–water partition coefficient (Wildman–Crippen LogP) is 3.31. The van der Waals surface area contributed by atoms with Gasteiger partial charge in [-0.05, 0) is 37.5 Å². The average Bonchev–Trinajstić information content (AvgIpc) is 3.12. The SMILES string of the molecule is CC(NC(=O)CCNC1CC1)c1ccc(Cl)cc1Cl. The van der Waals surface area contributed by atoms with Crippen molar-refractivity contribution >= 4 is 29.1 Å². The van der Waals surface area contributed by atoms with Crippen LogP contribution in [0.1, 0.15) is 37.8 Å². The number of rotatable bonds is 6. The molecule has 0 aromatic heterocycles. The van der Waals surface area contributed by atoms with E-state index in [1.54, 1.807) is 12.1 Å². The van der Waals surface area contributed by atoms with Crippen molar-refractivity contribution in [2.75, 3.05) is 6.54 Å². The third-order valence-electron chi connectivity index (χ3n) is 3.17. The Morgan fingerprint density at radius 1 is 1.42 bits per heavy atom. The number of carbonyl (C=O) groups excluding carboxylic acids is 1. The number of hydrogen-bond donors (Lipinski definition) is 2. The lowest BCUT2D eigenvalue weighted by atomic mass is 10.1. The maximum Gasteiger partial charge on any atom is 0.221 e. The maximum atomic E-state index is 11.8. The van der Waals surface area contributed by atoms with Gasteiger partial charge in [-0.25, -0.2) is 0 Å². The van der Waals surface area contributed by atoms with Gasteiger partial charge in [-0.2, -0.15) is 0 Å². The zero-order valence-electron chi connectivity index (χ0n) is 10.9. The molecule has 1 unspecified atom stereocenters. The number of halogens is 2. The van der Waals surface area contributed by atoms with Gasteiger partial charge >= 0.3 is 0 Å². The molecule has 0 radical (unpaired) electrons. The summed E-state index contributed by atoms with van der Waals surface area (Å²) in [7, 11) is 0. The minimum Gasteiger partial charge on any atom is -0.349 e. The summed E-state index contributed by atoms with van der Waals surface area (Å²) in [5, 5.41) is 7.44. The molecule has 19 heavy (non-hydrogen) atoms. The molecule has 3 nitrogen and oxygen atoms in total. The molecule has 5 heteroatoms. The molecule has 1 aromatic rings. The summed E-state index contributed by atoms with van der Waals surface area (Å²) in [6.45, 7) is 2.65. The first-order valence-electron chi connectivity index (χ1n) is 6.54. The van der Waals surface area contributed by atoms with Gasteiger partial charge in [0.15, 0.2) is 0 Å². The Morgan fingerprint density at radius 3 is 2.79 bits per heavy atom. The molecule has 1 aliphatic carbocycles. The lowest BCUT2D eigenvalue weighted by Gasteiger charge is -2.16. The molecule has 1 fully saturated rings. The molecule has 2 N–H and O–H groups in total. The molecule has 0 aliphatic heterocycles. The third-order valence-corrected chi connectivity index (χ3v) is 3.73. The quantitative estimate of drug-likeness (QED) is 0.846. The second kappa shape index (κ2) is 6.60. The maximum absolute atomic E-state index is 11.8. The molecule has 0 bridgehead atoms. The van der Waals surface area contributed by atoms with Crippen molar-refractivity contribution in [3.05, 3.63) is 33.8 Å². The summed E-state index contributed by atoms with van der Waals surface area (Å²) >= 11 is 12.0. The normalized spacial score (nSPS) is 16.2. The van der Waals surface area contributed by atoms with E-state index in [0.717, 1.165) is 12.1 Å². The van der Waals surface area contributed by atoms with Crippen molar-refractivity contribution in [3.8, 4) is 0 Å². The summed E-state index contributed by atoms with van der Waals surface area (Å²) < 4.78 is 0. The average molecular weight is 301 g/mol. The Labute approximate surface area is 123 Å². The van der Waals surface area contributed by atoms with Gasteiger partial charge in [0.2, 0.25) is 5.91 Å². The highest BCUT2D eigenvalue weighted by molar-refractivity contribution is 6.35. The van der Waals surface area contributed by atoms with Crippen LogP contribution in [0.25, 0.3) is 0 Å². The fourth-order valence-electron chi connectivity index (χ4n) is 1.92. The Balaban J connectivity index is 1.81. The second-order valence-corrected chi connectivity index (χ2v) is 5.78. The number of amides is 1. The molecule has 2 rings (SSSR count). The van der Waals surface area contributed by atoms with Gasteiger partial charge in [-0.15, -0.1) is 0 Å². The molecule has 1 aliphatic rings. The Bertz CT molecular complexity index is 461. The van der Waals surface area contributed by atoms with Crippen LogP contribution in [0.3, 0.4) is 0 Å². The van der Waals surface area contributed by atoms with Gasteiger partial charge < -0.3 is 10.6 Å². The van der Waals surface area contributed by atoms with Crippen molar-refractivity contribution in [1.82, 2.24) is 10.6 Å². The molecule has 0 saturated heterocycles. The van der Waals surface area contributed by atoms with E-state index in [4.69, 9.17) is 23.2 Å². The number of benzene rings is 1. The molecule has 1 amide bonds. The number of hydrogen-bond acceptors (Lipinski definition) is 2. The van der Waals surface area contributed by atoms with E-state index < -0.39 is 0 Å². The van der Waals surface area contributed by atoms with Crippen LogP contribution in [0.15, 0.2) is 18.2 Å². The van der Waals surface area contributed by atoms with Crippen LogP contribution in [-0.4, -0.2) is 18.5 Å². The first-order chi connectivity index (χ1) is 9.06. The first-order valence-corrected chi connectivity index (χ1v) is 7.29. The zero-order chi connectivity index (χ0) is 13.8. The Morgan fingerprint density at radius 2 is 2.16 bits per heavy atom. The van der Waals surface area contributed by atoms with Gasteiger partial charge in [0, 0.05) is 29.1 Å². The topological polar surface area (TPSA) is 41.1 Å². The van der Waals surface area contributed by atoms with Gasteiger partial charge in [-0.1, -0.05) is 29.3 Å². The van der Waals surface area contributed by atoms with Gasteiger partial charge in [0.1, 0.15) is 0 Å². The fraction of sp³-hybridized carbons (Fsp3) is 0.500. The second-order valence-electron chi connectivity index (χ2n) is 4.93. The van der Waals surface area contributed by atoms with E-state index in [-0.39, 0.29) is 11.9 Å². The lowest BCUT2D eigenvalue weighted by molar-refractivity contribution is -0.121. The van der Waals surface area contributed by atoms with Crippen LogP contribution in [-0.2, 0) is 4.79 Å². The van der Waals surface area contributed by atoms with Crippen LogP contribution < -0.4 is 10.6 Å². The summed E-state index contributed by atoms with van der Waals surface area (Å²) in [6, 6.07) is 5.84. The minimum atomic E-state index is -0.113. The van der Waals surface area contributed by atoms with E-state index >= 15 is 0 Å². The fourth-order valence-corrected chi connectivity index (χ4v) is 2.49. The van der Waals surface area contributed by atoms with Crippen LogP contribution in [0, 0.1) is 0 Å². The lowest BCUT2D eigenvalue weighted by Crippen LogP contribution is -2.30. The molecular weight excluding hydrogens is 283 g/mol. The van der Waals surface area contributed by atoms with Crippen molar-refractivity contribution in [2.45, 2.75) is 38.3 Å². The summed E-state index contributed by atoms with van der Waals surface area (Å²) in [4.78, 5) is 11.8. The predicted molar refractivity (Wildman–Crippen MR) is 78.7 cm³/mol. The molecule has 0 heterocycles. The summed E-state index contributed by atoms with van der Waals surface area (Å²) in [5.74, 6) is 0.0340. The minimum absolute atomic E-state index is 0.0340. The molecule has 1 atom stereocenters. The largest absolute Gasteiger partial charge is 0.349 e. The molecule has 0 spiro atoms. The van der Waals surface area contributed by atoms with E-state index in [9.17, 15) is 4.79 Å². The van der Waals surface area contributed by atoms with E-state index in [2.05, 4.69) is 10.6 Å². The van der Waals surface area contributed by atoms with E-state index in [0.29, 0.717) is 22.5 Å². The van der Waals surface area contributed by atoms with Crippen LogP contribution >= 0.6 is 23.2 Å². The van der Waals surface area contributed by atoms with Gasteiger partial charge in [0.25, 0.3) is 0 Å². The van der Waals surface area contributed by atoms with Gasteiger partial charge in [-0.3, -0.25) is 4.79 Å². The van der Waals surface area contributed by atoms with Crippen LogP contribution in [0.2, 0.25) is 10.0 Å². The van der Waals surface area contributed by atoms with E-state index in [1.807, 2.05) is 13.0 Å². The number of carbonyl (C=O) groups is 1. The third kappa shape index (κ3) is 4.68. The Kier molecular flexibility index (Phi) is 5.08. The van der Waals surface area contributed by atoms with Crippen molar-refractivity contribution in [1.29, 1.82) is 0 Å². The standard InChI is InChI=1S/C14H18Cl2N2O/c1-9(12-5-2-10(15)8-13(12)16)18-14(19)6-7-17-11-3-4-11/h2,5,8-9,11,17H,3-4,6-7H2,1H3,(H,18,19). The molecule has 1 saturated carbocycles. The molecular formula is C14H18Cl2N2O. The van der Waals surface area contributed by atoms with Crippen molar-refractivity contribution in [2.24, 2.45) is 0 Å². The monoisotopic (exact) mass is 300 g/mol. The van der Waals surface area contributed by atoms with Crippen molar-refractivity contribution < 1.29 is 4.79 Å². The van der Waals surface area contributed by atoms with Crippen LogP contribution in [0.4, 0.5) is 0 Å². The van der Waals surface area contributed by atoms with Crippen LogP contribution in [0.5, 0.6) is 0 Å². The zero-order valence-corrected chi connectivity index (χ0v) is 12.4. The van der Waals surface area contributed by atoms with Crippen molar-refractivity contribution in [3.63, 3.8) is 0 Å². The highest BCUT2D eigenvalue weighted by Crippen LogP contribution is 2.26. The smallest absolute Gasteiger partial charge is 0.221 e. The summed E-state index contributed by atoms with van der Waals surface area (Å²) in [5.41, 5.74) is 0.884. The molecule has 1 aromatic carbocycles. The van der Waals surface area contributed by atoms with Gasteiger partial charge in [0.05, 0.1) is 6.04 Å². The highest BCUT2D eigenvalue weighted by Gasteiger charge is 2.20. The Hall–Kier alpha value is -0.770. The highest BCUT2D eigenvalue weighted by atomic mass is 35.5. The van der Waals surface area contributed by atoms with E-state index in [1.165, 1.54) is 12.8 Å².